The van der Waals surface area contributed by atoms with Gasteiger partial charge in [0, 0.05) is 17.6 Å². The molecule has 0 radical (unpaired) electrons. The molecule has 0 spiro atoms. The van der Waals surface area contributed by atoms with Gasteiger partial charge in [0.15, 0.2) is 0 Å². The van der Waals surface area contributed by atoms with Crippen LogP contribution in [-0.2, 0) is 32.3 Å². The first-order valence-electron chi connectivity index (χ1n) is 14.1. The topological polar surface area (TPSA) is 86.8 Å². The van der Waals surface area contributed by atoms with Crippen molar-refractivity contribution in [3.63, 3.8) is 0 Å². The van der Waals surface area contributed by atoms with Crippen molar-refractivity contribution >= 4 is 50.7 Å². The Balaban J connectivity index is 1.78. The van der Waals surface area contributed by atoms with E-state index in [0.717, 1.165) is 37.8 Å². The maximum atomic E-state index is 14.2. The number of carbonyl (C=O) groups excluding carboxylic acids is 2. The molecule has 3 aromatic rings. The largest absolute Gasteiger partial charge is 0.416 e. The zero-order valence-electron chi connectivity index (χ0n) is 23.9. The Morgan fingerprint density at radius 1 is 0.977 bits per heavy atom. The fourth-order valence-corrected chi connectivity index (χ4v) is 7.03. The first kappa shape index (κ1) is 33.6. The van der Waals surface area contributed by atoms with Crippen LogP contribution in [0.3, 0.4) is 0 Å². The standard InChI is InChI=1S/C31H32Cl2F3N3O4S/c1-2-27(30(41)37-24-8-6-7-9-24)38(19-21-12-15-23(32)16-13-21)29(40)20-39(44(42,43)25-10-4-3-5-11-25)28-18-22(31(34,35)36)14-17-26(28)33/h3-5,10-18,24,27H,2,6-9,19-20H2,1H3,(H,37,41). The molecule has 1 unspecified atom stereocenters. The lowest BCUT2D eigenvalue weighted by Crippen LogP contribution is -2.53. The Bertz CT molecular complexity index is 1570. The van der Waals surface area contributed by atoms with Crippen molar-refractivity contribution in [2.45, 2.75) is 68.7 Å². The molecule has 4 rings (SSSR count). The first-order valence-corrected chi connectivity index (χ1v) is 16.3. The Labute approximate surface area is 265 Å². The summed E-state index contributed by atoms with van der Waals surface area (Å²) in [6, 6.07) is 14.8. The summed E-state index contributed by atoms with van der Waals surface area (Å²) in [6.45, 7) is 0.727. The van der Waals surface area contributed by atoms with Crippen molar-refractivity contribution in [2.75, 3.05) is 10.8 Å². The van der Waals surface area contributed by atoms with Gasteiger partial charge in [0.2, 0.25) is 11.8 Å². The van der Waals surface area contributed by atoms with Crippen molar-refractivity contribution in [3.8, 4) is 0 Å². The summed E-state index contributed by atoms with van der Waals surface area (Å²) >= 11 is 12.3. The van der Waals surface area contributed by atoms with E-state index < -0.39 is 51.9 Å². The van der Waals surface area contributed by atoms with Crippen LogP contribution in [0.1, 0.15) is 50.2 Å². The molecular formula is C31H32Cl2F3N3O4S. The number of amides is 2. The Morgan fingerprint density at radius 3 is 2.20 bits per heavy atom. The number of hydrogen-bond donors (Lipinski definition) is 1. The van der Waals surface area contributed by atoms with E-state index in [0.29, 0.717) is 21.0 Å². The van der Waals surface area contributed by atoms with E-state index in [1.54, 1.807) is 37.3 Å². The van der Waals surface area contributed by atoms with Gasteiger partial charge < -0.3 is 10.2 Å². The van der Waals surface area contributed by atoms with Crippen molar-refractivity contribution < 1.29 is 31.2 Å². The quantitative estimate of drug-likeness (QED) is 0.237. The molecule has 0 heterocycles. The van der Waals surface area contributed by atoms with Crippen LogP contribution in [-0.4, -0.2) is 43.8 Å². The molecule has 0 aromatic heterocycles. The molecule has 7 nitrogen and oxygen atoms in total. The van der Waals surface area contributed by atoms with Gasteiger partial charge in [-0.25, -0.2) is 8.42 Å². The predicted octanol–water partition coefficient (Wildman–Crippen LogP) is 7.07. The zero-order chi connectivity index (χ0) is 32.1. The van der Waals surface area contributed by atoms with Crippen molar-refractivity contribution in [2.24, 2.45) is 0 Å². The number of hydrogen-bond acceptors (Lipinski definition) is 4. The molecule has 0 aliphatic heterocycles. The lowest BCUT2D eigenvalue weighted by atomic mass is 10.1. The molecule has 0 bridgehead atoms. The maximum Gasteiger partial charge on any atom is 0.416 e. The fraction of sp³-hybridized carbons (Fsp3) is 0.355. The normalized spacial score (nSPS) is 14.7. The molecule has 2 amide bonds. The Kier molecular flexibility index (Phi) is 10.9. The molecule has 1 aliphatic rings. The monoisotopic (exact) mass is 669 g/mol. The van der Waals surface area contributed by atoms with Crippen molar-refractivity contribution in [1.29, 1.82) is 0 Å². The summed E-state index contributed by atoms with van der Waals surface area (Å²) in [4.78, 5) is 28.7. The summed E-state index contributed by atoms with van der Waals surface area (Å²) in [5.74, 6) is -1.20. The number of sulfonamides is 1. The van der Waals surface area contributed by atoms with Crippen LogP contribution < -0.4 is 9.62 Å². The average molecular weight is 671 g/mol. The molecule has 13 heteroatoms. The minimum absolute atomic E-state index is 0.0390. The van der Waals surface area contributed by atoms with E-state index in [4.69, 9.17) is 23.2 Å². The summed E-state index contributed by atoms with van der Waals surface area (Å²) in [7, 11) is -4.60. The molecule has 1 aliphatic carbocycles. The number of rotatable bonds is 11. The van der Waals surface area contributed by atoms with Gasteiger partial charge in [-0.1, -0.05) is 73.3 Å². The second kappa shape index (κ2) is 14.2. The van der Waals surface area contributed by atoms with Crippen LogP contribution in [0, 0.1) is 0 Å². The number of benzene rings is 3. The second-order valence-electron chi connectivity index (χ2n) is 10.6. The Morgan fingerprint density at radius 2 is 1.61 bits per heavy atom. The lowest BCUT2D eigenvalue weighted by Gasteiger charge is -2.34. The summed E-state index contributed by atoms with van der Waals surface area (Å²) in [5, 5.41) is 3.15. The summed E-state index contributed by atoms with van der Waals surface area (Å²) < 4.78 is 69.6. The van der Waals surface area contributed by atoms with Gasteiger partial charge in [0.1, 0.15) is 12.6 Å². The van der Waals surface area contributed by atoms with E-state index in [2.05, 4.69) is 5.32 Å². The molecule has 3 aromatic carbocycles. The minimum Gasteiger partial charge on any atom is -0.352 e. The van der Waals surface area contributed by atoms with Crippen LogP contribution >= 0.6 is 23.2 Å². The fourth-order valence-electron chi connectivity index (χ4n) is 5.19. The molecular weight excluding hydrogens is 638 g/mol. The first-order chi connectivity index (χ1) is 20.8. The average Bonchev–Trinajstić information content (AvgIpc) is 3.50. The highest BCUT2D eigenvalue weighted by molar-refractivity contribution is 7.92. The van der Waals surface area contributed by atoms with Crippen LogP contribution in [0.2, 0.25) is 10.0 Å². The van der Waals surface area contributed by atoms with Gasteiger partial charge in [0.25, 0.3) is 10.0 Å². The summed E-state index contributed by atoms with van der Waals surface area (Å²) in [6.07, 6.45) is -1.04. The van der Waals surface area contributed by atoms with Gasteiger partial charge in [-0.2, -0.15) is 13.2 Å². The third kappa shape index (κ3) is 8.05. The van der Waals surface area contributed by atoms with E-state index in [-0.39, 0.29) is 28.9 Å². The predicted molar refractivity (Wildman–Crippen MR) is 164 cm³/mol. The van der Waals surface area contributed by atoms with E-state index >= 15 is 0 Å². The highest BCUT2D eigenvalue weighted by Gasteiger charge is 2.37. The van der Waals surface area contributed by atoms with Gasteiger partial charge >= 0.3 is 6.18 Å². The molecule has 1 atom stereocenters. The van der Waals surface area contributed by atoms with Crippen molar-refractivity contribution in [1.82, 2.24) is 10.2 Å². The minimum atomic E-state index is -4.81. The number of alkyl halides is 3. The lowest BCUT2D eigenvalue weighted by molar-refractivity contribution is -0.140. The smallest absolute Gasteiger partial charge is 0.352 e. The third-order valence-corrected chi connectivity index (χ3v) is 9.85. The SMILES string of the molecule is CCC(C(=O)NC1CCCC1)N(Cc1ccc(Cl)cc1)C(=O)CN(c1cc(C(F)(F)F)ccc1Cl)S(=O)(=O)c1ccccc1. The molecule has 1 N–H and O–H groups in total. The number of carbonyl (C=O) groups is 2. The van der Waals surface area contributed by atoms with Crippen LogP contribution in [0.4, 0.5) is 18.9 Å². The van der Waals surface area contributed by atoms with E-state index in [9.17, 15) is 31.2 Å². The van der Waals surface area contributed by atoms with Gasteiger partial charge in [0.05, 0.1) is 21.2 Å². The van der Waals surface area contributed by atoms with Crippen LogP contribution in [0.5, 0.6) is 0 Å². The van der Waals surface area contributed by atoms with Crippen molar-refractivity contribution in [3.05, 3.63) is 94.0 Å². The molecule has 44 heavy (non-hydrogen) atoms. The highest BCUT2D eigenvalue weighted by Crippen LogP contribution is 2.37. The van der Waals surface area contributed by atoms with E-state index in [1.165, 1.54) is 29.2 Å². The maximum absolute atomic E-state index is 14.2. The second-order valence-corrected chi connectivity index (χ2v) is 13.3. The van der Waals surface area contributed by atoms with Crippen LogP contribution in [0.15, 0.2) is 77.7 Å². The summed E-state index contributed by atoms with van der Waals surface area (Å²) in [5.41, 5.74) is -1.05. The van der Waals surface area contributed by atoms with Crippen LogP contribution in [0.25, 0.3) is 0 Å². The molecule has 0 saturated heterocycles. The number of nitrogens with zero attached hydrogens (tertiary/aromatic N) is 2. The molecule has 1 saturated carbocycles. The van der Waals surface area contributed by atoms with Gasteiger partial charge in [-0.3, -0.25) is 13.9 Å². The van der Waals surface area contributed by atoms with Gasteiger partial charge in [-0.15, -0.1) is 0 Å². The third-order valence-electron chi connectivity index (χ3n) is 7.51. The zero-order valence-corrected chi connectivity index (χ0v) is 26.2. The number of halogens is 5. The Hall–Kier alpha value is -3.28. The molecule has 236 valence electrons. The highest BCUT2D eigenvalue weighted by atomic mass is 35.5. The molecule has 1 fully saturated rings. The number of nitrogens with one attached hydrogen (secondary N) is 1. The van der Waals surface area contributed by atoms with Gasteiger partial charge in [-0.05, 0) is 67.3 Å². The van der Waals surface area contributed by atoms with E-state index in [1.807, 2.05) is 0 Å². The number of anilines is 1.